The van der Waals surface area contributed by atoms with Crippen LogP contribution >= 0.6 is 0 Å². The molecule has 0 bridgehead atoms. The zero-order chi connectivity index (χ0) is 17.5. The number of rotatable bonds is 5. The maximum atomic E-state index is 12.0. The van der Waals surface area contributed by atoms with Crippen LogP contribution in [0.3, 0.4) is 0 Å². The number of nitrogens with one attached hydrogen (secondary N) is 2. The Morgan fingerprint density at radius 2 is 1.67 bits per heavy atom. The lowest BCUT2D eigenvalue weighted by atomic mass is 10.1. The number of esters is 1. The van der Waals surface area contributed by atoms with Gasteiger partial charge in [-0.1, -0.05) is 18.2 Å². The highest BCUT2D eigenvalue weighted by atomic mass is 16.5. The predicted octanol–water partition coefficient (Wildman–Crippen LogP) is 2.88. The molecule has 3 N–H and O–H groups in total. The van der Waals surface area contributed by atoms with E-state index >= 15 is 0 Å². The Labute approximate surface area is 138 Å². The van der Waals surface area contributed by atoms with Gasteiger partial charge in [0.2, 0.25) is 0 Å². The van der Waals surface area contributed by atoms with Crippen LogP contribution in [0.5, 0.6) is 5.75 Å². The molecule has 0 unspecified atom stereocenters. The van der Waals surface area contributed by atoms with Gasteiger partial charge in [-0.05, 0) is 29.8 Å². The summed E-state index contributed by atoms with van der Waals surface area (Å²) in [4.78, 5) is 33.5. The van der Waals surface area contributed by atoms with Crippen molar-refractivity contribution in [1.82, 2.24) is 0 Å². The zero-order valence-electron chi connectivity index (χ0n) is 12.9. The van der Waals surface area contributed by atoms with E-state index < -0.39 is 18.0 Å². The Morgan fingerprint density at radius 1 is 1.00 bits per heavy atom. The van der Waals surface area contributed by atoms with Gasteiger partial charge in [0.25, 0.3) is 0 Å². The summed E-state index contributed by atoms with van der Waals surface area (Å²) in [7, 11) is 0. The quantitative estimate of drug-likeness (QED) is 0.578. The molecule has 24 heavy (non-hydrogen) atoms. The molecule has 0 aliphatic heterocycles. The molecule has 2 amide bonds. The smallest absolute Gasteiger partial charge is 0.323 e. The number of aliphatic carboxylic acids is 1. The fraction of sp³-hybridized carbons (Fsp3) is 0.118. The molecule has 0 spiro atoms. The van der Waals surface area contributed by atoms with E-state index in [0.29, 0.717) is 22.7 Å². The Balaban J connectivity index is 1.95. The van der Waals surface area contributed by atoms with Crippen LogP contribution in [0.4, 0.5) is 16.2 Å². The number of hydrogen-bond acceptors (Lipinski definition) is 4. The molecule has 0 heterocycles. The molecular formula is C17H16N2O5. The largest absolute Gasteiger partial charge is 0.481 e. The fourth-order valence-electron chi connectivity index (χ4n) is 1.98. The molecular weight excluding hydrogens is 312 g/mol. The first-order chi connectivity index (χ1) is 11.4. The molecule has 0 saturated carbocycles. The van der Waals surface area contributed by atoms with Crippen LogP contribution in [0.25, 0.3) is 0 Å². The maximum Gasteiger partial charge on any atom is 0.323 e. The number of amides is 2. The van der Waals surface area contributed by atoms with Crippen LogP contribution in [-0.2, 0) is 16.0 Å². The minimum Gasteiger partial charge on any atom is -0.481 e. The van der Waals surface area contributed by atoms with Gasteiger partial charge in [-0.25, -0.2) is 4.79 Å². The molecule has 7 heteroatoms. The van der Waals surface area contributed by atoms with Crippen LogP contribution in [0.15, 0.2) is 48.5 Å². The molecule has 124 valence electrons. The normalized spacial score (nSPS) is 9.88. The van der Waals surface area contributed by atoms with Crippen molar-refractivity contribution in [3.05, 3.63) is 54.1 Å². The first-order valence-electron chi connectivity index (χ1n) is 7.09. The van der Waals surface area contributed by atoms with E-state index in [9.17, 15) is 14.4 Å². The number of hydrogen-bond donors (Lipinski definition) is 3. The lowest BCUT2D eigenvalue weighted by Gasteiger charge is -2.09. The van der Waals surface area contributed by atoms with E-state index in [-0.39, 0.29) is 6.42 Å². The minimum atomic E-state index is -0.916. The average molecular weight is 328 g/mol. The Hall–Kier alpha value is -3.35. The summed E-state index contributed by atoms with van der Waals surface area (Å²) >= 11 is 0. The summed E-state index contributed by atoms with van der Waals surface area (Å²) in [6.45, 7) is 1.29. The first-order valence-corrected chi connectivity index (χ1v) is 7.09. The lowest BCUT2D eigenvalue weighted by molar-refractivity contribution is -0.136. The first kappa shape index (κ1) is 17.0. The molecule has 7 nitrogen and oxygen atoms in total. The predicted molar refractivity (Wildman–Crippen MR) is 88.2 cm³/mol. The highest BCUT2D eigenvalue weighted by Crippen LogP contribution is 2.18. The number of anilines is 2. The van der Waals surface area contributed by atoms with E-state index in [2.05, 4.69) is 10.6 Å². The highest BCUT2D eigenvalue weighted by Gasteiger charge is 2.06. The third-order valence-corrected chi connectivity index (χ3v) is 2.92. The Kier molecular flexibility index (Phi) is 5.51. The lowest BCUT2D eigenvalue weighted by Crippen LogP contribution is -2.19. The highest BCUT2D eigenvalue weighted by molar-refractivity contribution is 5.99. The van der Waals surface area contributed by atoms with Gasteiger partial charge in [0, 0.05) is 24.4 Å². The van der Waals surface area contributed by atoms with Gasteiger partial charge in [0.1, 0.15) is 5.75 Å². The number of carboxylic acids is 1. The third-order valence-electron chi connectivity index (χ3n) is 2.92. The summed E-state index contributed by atoms with van der Waals surface area (Å²) < 4.78 is 4.94. The van der Waals surface area contributed by atoms with E-state index in [4.69, 9.17) is 9.84 Å². The van der Waals surface area contributed by atoms with Gasteiger partial charge in [0.15, 0.2) is 0 Å². The molecule has 2 aromatic rings. The second-order valence-corrected chi connectivity index (χ2v) is 4.97. The Morgan fingerprint density at radius 3 is 2.29 bits per heavy atom. The summed E-state index contributed by atoms with van der Waals surface area (Å²) in [6.07, 6.45) is -0.0740. The minimum absolute atomic E-state index is 0.0740. The third kappa shape index (κ3) is 5.45. The Bertz CT molecular complexity index is 756. The zero-order valence-corrected chi connectivity index (χ0v) is 12.9. The van der Waals surface area contributed by atoms with E-state index in [1.165, 1.54) is 13.0 Å². The van der Waals surface area contributed by atoms with Crippen LogP contribution in [0.2, 0.25) is 0 Å². The topological polar surface area (TPSA) is 105 Å². The van der Waals surface area contributed by atoms with Crippen LogP contribution in [-0.4, -0.2) is 23.1 Å². The van der Waals surface area contributed by atoms with Crippen molar-refractivity contribution < 1.29 is 24.2 Å². The van der Waals surface area contributed by atoms with Crippen LogP contribution < -0.4 is 15.4 Å². The van der Waals surface area contributed by atoms with E-state index in [1.54, 1.807) is 42.5 Å². The van der Waals surface area contributed by atoms with Gasteiger partial charge < -0.3 is 20.5 Å². The van der Waals surface area contributed by atoms with Gasteiger partial charge in [0.05, 0.1) is 6.42 Å². The van der Waals surface area contributed by atoms with Crippen molar-refractivity contribution in [3.8, 4) is 5.75 Å². The van der Waals surface area contributed by atoms with Gasteiger partial charge >= 0.3 is 18.0 Å². The summed E-state index contributed by atoms with van der Waals surface area (Å²) in [5.41, 5.74) is 1.63. The number of ether oxygens (including phenoxy) is 1. The van der Waals surface area contributed by atoms with E-state index in [1.807, 2.05) is 0 Å². The van der Waals surface area contributed by atoms with Crippen LogP contribution in [0, 0.1) is 0 Å². The average Bonchev–Trinajstić information content (AvgIpc) is 2.48. The molecule has 0 aliphatic carbocycles. The number of carbonyl (C=O) groups excluding carboxylic acids is 2. The second kappa shape index (κ2) is 7.77. The number of carboxylic acid groups (broad SMARTS) is 1. The van der Waals surface area contributed by atoms with Crippen molar-refractivity contribution >= 4 is 29.3 Å². The fourth-order valence-corrected chi connectivity index (χ4v) is 1.98. The number of carbonyl (C=O) groups is 3. The maximum absolute atomic E-state index is 12.0. The molecule has 0 radical (unpaired) electrons. The summed E-state index contributed by atoms with van der Waals surface area (Å²) in [5, 5.41) is 14.0. The molecule has 2 aromatic carbocycles. The van der Waals surface area contributed by atoms with Crippen molar-refractivity contribution in [2.24, 2.45) is 0 Å². The molecule has 0 atom stereocenters. The summed E-state index contributed by atoms with van der Waals surface area (Å²) in [5.74, 6) is -1.03. The second-order valence-electron chi connectivity index (χ2n) is 4.97. The van der Waals surface area contributed by atoms with Crippen molar-refractivity contribution in [3.63, 3.8) is 0 Å². The number of benzene rings is 2. The molecule has 0 aliphatic rings. The van der Waals surface area contributed by atoms with Crippen LogP contribution in [0.1, 0.15) is 12.5 Å². The van der Waals surface area contributed by atoms with Crippen molar-refractivity contribution in [2.45, 2.75) is 13.3 Å². The van der Waals surface area contributed by atoms with E-state index in [0.717, 1.165) is 0 Å². The number of urea groups is 1. The van der Waals surface area contributed by atoms with Gasteiger partial charge in [-0.3, -0.25) is 9.59 Å². The molecule has 0 aromatic heterocycles. The standard InChI is InChI=1S/C17H16N2O5/c1-11(20)24-15-4-2-3-14(10-15)19-17(23)18-13-7-5-12(6-8-13)9-16(21)22/h2-8,10H,9H2,1H3,(H,21,22)(H2,18,19,23). The van der Waals surface area contributed by atoms with Gasteiger partial charge in [-0.2, -0.15) is 0 Å². The summed E-state index contributed by atoms with van der Waals surface area (Å²) in [6, 6.07) is 12.5. The molecule has 0 saturated heterocycles. The van der Waals surface area contributed by atoms with Crippen molar-refractivity contribution in [2.75, 3.05) is 10.6 Å². The monoisotopic (exact) mass is 328 g/mol. The SMILES string of the molecule is CC(=O)Oc1cccc(NC(=O)Nc2ccc(CC(=O)O)cc2)c1. The molecule has 2 rings (SSSR count). The van der Waals surface area contributed by atoms with Crippen molar-refractivity contribution in [1.29, 1.82) is 0 Å². The molecule has 0 fully saturated rings. The van der Waals surface area contributed by atoms with Gasteiger partial charge in [-0.15, -0.1) is 0 Å².